The van der Waals surface area contributed by atoms with E-state index in [2.05, 4.69) is 152 Å². The number of thiophene rings is 1. The van der Waals surface area contributed by atoms with E-state index < -0.39 is 0 Å². The Bertz CT molecular complexity index is 3020. The summed E-state index contributed by atoms with van der Waals surface area (Å²) >= 11 is 1.84. The lowest BCUT2D eigenvalue weighted by atomic mass is 9.98. The molecule has 2 aromatic heterocycles. The highest BCUT2D eigenvalue weighted by atomic mass is 32.1. The van der Waals surface area contributed by atoms with Gasteiger partial charge in [-0.25, -0.2) is 15.0 Å². The summed E-state index contributed by atoms with van der Waals surface area (Å²) < 4.78 is 2.52. The van der Waals surface area contributed by atoms with E-state index in [1.165, 1.54) is 69.9 Å². The van der Waals surface area contributed by atoms with Crippen molar-refractivity contribution in [1.82, 2.24) is 15.0 Å². The first kappa shape index (κ1) is 29.9. The minimum Gasteiger partial charge on any atom is -0.208 e. The van der Waals surface area contributed by atoms with Crippen LogP contribution in [-0.2, 0) is 0 Å². The normalized spacial score (nSPS) is 11.8. The second-order valence-corrected chi connectivity index (χ2v) is 14.7. The van der Waals surface area contributed by atoms with Crippen molar-refractivity contribution in [2.45, 2.75) is 0 Å². The summed E-state index contributed by atoms with van der Waals surface area (Å²) in [6.07, 6.45) is 0. The van der Waals surface area contributed by atoms with Gasteiger partial charge in [0.05, 0.1) is 0 Å². The summed E-state index contributed by atoms with van der Waals surface area (Å²) in [6.45, 7) is 0. The fourth-order valence-electron chi connectivity index (χ4n) is 7.93. The molecular weight excluding hydrogens is 663 g/mol. The van der Waals surface area contributed by atoms with Gasteiger partial charge in [-0.1, -0.05) is 164 Å². The molecule has 2 heterocycles. The molecule has 4 heteroatoms. The number of hydrogen-bond donors (Lipinski definition) is 0. The van der Waals surface area contributed by atoms with Crippen molar-refractivity contribution in [3.05, 3.63) is 176 Å². The fraction of sp³-hybridized carbons (Fsp3) is 0. The molecular formula is C49H29N3S. The van der Waals surface area contributed by atoms with E-state index in [4.69, 9.17) is 15.0 Å². The first-order valence-electron chi connectivity index (χ1n) is 17.9. The zero-order chi connectivity index (χ0) is 34.9. The summed E-state index contributed by atoms with van der Waals surface area (Å²) in [7, 11) is 0. The van der Waals surface area contributed by atoms with Crippen LogP contribution in [0, 0.1) is 0 Å². The van der Waals surface area contributed by atoms with E-state index in [0.29, 0.717) is 17.5 Å². The molecule has 8 aromatic carbocycles. The molecule has 0 saturated heterocycles. The van der Waals surface area contributed by atoms with Crippen molar-refractivity contribution in [2.75, 3.05) is 0 Å². The molecule has 0 saturated carbocycles. The zero-order valence-corrected chi connectivity index (χ0v) is 29.3. The molecule has 0 radical (unpaired) electrons. The third-order valence-electron chi connectivity index (χ3n) is 10.5. The van der Waals surface area contributed by atoms with Crippen LogP contribution < -0.4 is 0 Å². The Morgan fingerprint density at radius 3 is 1.40 bits per heavy atom. The zero-order valence-electron chi connectivity index (χ0n) is 28.5. The molecule has 0 unspecified atom stereocenters. The third-order valence-corrected chi connectivity index (χ3v) is 11.6. The summed E-state index contributed by atoms with van der Waals surface area (Å²) in [6, 6.07) is 62.5. The van der Waals surface area contributed by atoms with E-state index in [1.54, 1.807) is 0 Å². The van der Waals surface area contributed by atoms with Crippen LogP contribution in [0.1, 0.15) is 0 Å². The molecule has 10 aromatic rings. The molecule has 0 aliphatic heterocycles. The molecule has 53 heavy (non-hydrogen) atoms. The van der Waals surface area contributed by atoms with Crippen molar-refractivity contribution in [2.24, 2.45) is 0 Å². The van der Waals surface area contributed by atoms with Gasteiger partial charge in [0.15, 0.2) is 17.5 Å². The largest absolute Gasteiger partial charge is 0.208 e. The van der Waals surface area contributed by atoms with Gasteiger partial charge in [0.1, 0.15) is 0 Å². The second-order valence-electron chi connectivity index (χ2n) is 13.6. The van der Waals surface area contributed by atoms with Gasteiger partial charge in [-0.3, -0.25) is 0 Å². The predicted molar refractivity (Wildman–Crippen MR) is 222 cm³/mol. The second kappa shape index (κ2) is 11.9. The monoisotopic (exact) mass is 691 g/mol. The van der Waals surface area contributed by atoms with Crippen molar-refractivity contribution in [1.29, 1.82) is 0 Å². The molecule has 0 N–H and O–H groups in total. The first-order chi connectivity index (χ1) is 26.2. The third kappa shape index (κ3) is 4.91. The first-order valence-corrected chi connectivity index (χ1v) is 18.7. The van der Waals surface area contributed by atoms with Gasteiger partial charge in [0.25, 0.3) is 0 Å². The van der Waals surface area contributed by atoms with Crippen molar-refractivity contribution >= 4 is 42.3 Å². The van der Waals surface area contributed by atoms with Gasteiger partial charge in [-0.05, 0) is 67.4 Å². The van der Waals surface area contributed by atoms with Gasteiger partial charge in [-0.15, -0.1) is 11.3 Å². The summed E-state index contributed by atoms with van der Waals surface area (Å²) in [4.78, 5) is 15.2. The van der Waals surface area contributed by atoms with Gasteiger partial charge >= 0.3 is 0 Å². The molecule has 0 atom stereocenters. The maximum Gasteiger partial charge on any atom is 0.164 e. The van der Waals surface area contributed by atoms with Crippen LogP contribution in [0.15, 0.2) is 176 Å². The van der Waals surface area contributed by atoms with Crippen LogP contribution in [0.2, 0.25) is 0 Å². The molecule has 0 fully saturated rings. The van der Waals surface area contributed by atoms with E-state index in [9.17, 15) is 0 Å². The number of nitrogens with zero attached hydrogens (tertiary/aromatic N) is 3. The molecule has 1 aliphatic carbocycles. The lowest BCUT2D eigenvalue weighted by molar-refractivity contribution is 1.07. The Morgan fingerprint density at radius 1 is 0.283 bits per heavy atom. The van der Waals surface area contributed by atoms with Gasteiger partial charge in [0, 0.05) is 36.9 Å². The van der Waals surface area contributed by atoms with Gasteiger partial charge in [0.2, 0.25) is 0 Å². The lowest BCUT2D eigenvalue weighted by Crippen LogP contribution is -2.00. The highest BCUT2D eigenvalue weighted by Crippen LogP contribution is 2.51. The number of fused-ring (bicyclic) bond motifs is 7. The average molecular weight is 692 g/mol. The van der Waals surface area contributed by atoms with Crippen LogP contribution in [0.5, 0.6) is 0 Å². The van der Waals surface area contributed by atoms with Gasteiger partial charge < -0.3 is 0 Å². The molecule has 11 rings (SSSR count). The number of benzene rings is 8. The maximum atomic E-state index is 5.10. The molecule has 0 spiro atoms. The van der Waals surface area contributed by atoms with Crippen LogP contribution in [0.3, 0.4) is 0 Å². The number of aromatic nitrogens is 3. The number of hydrogen-bond acceptors (Lipinski definition) is 4. The Kier molecular flexibility index (Phi) is 6.73. The van der Waals surface area contributed by atoms with Crippen LogP contribution in [0.25, 0.3) is 110 Å². The molecule has 0 amide bonds. The van der Waals surface area contributed by atoms with E-state index in [1.807, 2.05) is 35.6 Å². The average Bonchev–Trinajstić information content (AvgIpc) is 3.77. The minimum absolute atomic E-state index is 0.653. The van der Waals surface area contributed by atoms with E-state index in [0.717, 1.165) is 22.3 Å². The molecule has 1 aliphatic rings. The lowest BCUT2D eigenvalue weighted by Gasteiger charge is -2.10. The van der Waals surface area contributed by atoms with E-state index >= 15 is 0 Å². The standard InChI is InChI=1S/C49H29N3S/c1-3-10-30(11-4-1)31-18-20-32(21-19-31)33-22-24-35(25-23-33)48-50-47(34-12-5-2-6-13-34)51-49(52-48)36-26-27-40-43(28-36)53-44-29-42-38-15-8-7-14-37(38)39-16-9-17-41(45(39)42)46(40)44/h1-29H. The maximum absolute atomic E-state index is 5.10. The Labute approximate surface area is 310 Å². The van der Waals surface area contributed by atoms with E-state index in [-0.39, 0.29) is 0 Å². The highest BCUT2D eigenvalue weighted by Gasteiger charge is 2.24. The Hall–Kier alpha value is -6.75. The van der Waals surface area contributed by atoms with Crippen molar-refractivity contribution < 1.29 is 0 Å². The van der Waals surface area contributed by atoms with Crippen LogP contribution in [-0.4, -0.2) is 15.0 Å². The SMILES string of the molecule is c1ccc(-c2ccc(-c3ccc(-c4nc(-c5ccccc5)nc(-c5ccc6c(c5)sc5cc7c8c(cccc8c56)-c5ccccc5-7)n4)cc3)cc2)cc1. The number of rotatable bonds is 5. The summed E-state index contributed by atoms with van der Waals surface area (Å²) in [5.41, 5.74) is 12.9. The van der Waals surface area contributed by atoms with Crippen molar-refractivity contribution in [3.8, 4) is 78.7 Å². The highest BCUT2D eigenvalue weighted by molar-refractivity contribution is 7.26. The summed E-state index contributed by atoms with van der Waals surface area (Å²) in [5, 5.41) is 5.25. The fourth-order valence-corrected chi connectivity index (χ4v) is 9.13. The van der Waals surface area contributed by atoms with Crippen LogP contribution in [0.4, 0.5) is 0 Å². The molecule has 0 bridgehead atoms. The molecule has 246 valence electrons. The smallest absolute Gasteiger partial charge is 0.164 e. The van der Waals surface area contributed by atoms with Crippen LogP contribution >= 0.6 is 11.3 Å². The Balaban J connectivity index is 1.00. The summed E-state index contributed by atoms with van der Waals surface area (Å²) in [5.74, 6) is 1.98. The topological polar surface area (TPSA) is 38.7 Å². The van der Waals surface area contributed by atoms with Crippen molar-refractivity contribution in [3.63, 3.8) is 0 Å². The quantitative estimate of drug-likeness (QED) is 0.180. The molecule has 3 nitrogen and oxygen atoms in total. The predicted octanol–water partition coefficient (Wildman–Crippen LogP) is 13.4. The van der Waals surface area contributed by atoms with Gasteiger partial charge in [-0.2, -0.15) is 0 Å². The minimum atomic E-state index is 0.653. The Morgan fingerprint density at radius 2 is 0.755 bits per heavy atom.